The van der Waals surface area contributed by atoms with Gasteiger partial charge in [0.15, 0.2) is 0 Å². The molecule has 0 unspecified atom stereocenters. The van der Waals surface area contributed by atoms with E-state index in [1.807, 2.05) is 43.3 Å². The van der Waals surface area contributed by atoms with Gasteiger partial charge in [-0.3, -0.25) is 4.98 Å². The van der Waals surface area contributed by atoms with E-state index in [4.69, 9.17) is 0 Å². The number of nitrogens with one attached hydrogen (secondary N) is 1. The average Bonchev–Trinajstić information content (AvgIpc) is 3.10. The molecule has 0 amide bonds. The van der Waals surface area contributed by atoms with E-state index >= 15 is 0 Å². The Hall–Kier alpha value is -3.28. The lowest BCUT2D eigenvalue weighted by Crippen LogP contribution is -2.04. The van der Waals surface area contributed by atoms with E-state index in [0.29, 0.717) is 6.54 Å². The van der Waals surface area contributed by atoms with Crippen LogP contribution in [0.2, 0.25) is 0 Å². The van der Waals surface area contributed by atoms with Crippen molar-refractivity contribution in [2.24, 2.45) is 0 Å². The molecule has 4 aromatic rings. The Balaban J connectivity index is 1.59. The molecular formula is C19H16FN5. The zero-order chi connectivity index (χ0) is 17.2. The van der Waals surface area contributed by atoms with Gasteiger partial charge in [-0.25, -0.2) is 4.39 Å². The lowest BCUT2D eigenvalue weighted by atomic mass is 10.1. The third-order valence-electron chi connectivity index (χ3n) is 3.89. The highest BCUT2D eigenvalue weighted by atomic mass is 19.1. The van der Waals surface area contributed by atoms with Crippen molar-refractivity contribution in [2.45, 2.75) is 13.5 Å². The lowest BCUT2D eigenvalue weighted by molar-refractivity contribution is 0.629. The van der Waals surface area contributed by atoms with Gasteiger partial charge in [-0.1, -0.05) is 18.2 Å². The zero-order valence-corrected chi connectivity index (χ0v) is 13.6. The standard InChI is InChI=1S/C19H16FN5/c1-13-9-19(17-10-14(20)7-8-18(17)23-13)21-11-15-12-22-25(24-15)16-5-3-2-4-6-16/h2-10,12H,11H2,1H3,(H,21,23). The van der Waals surface area contributed by atoms with Crippen molar-refractivity contribution in [3.63, 3.8) is 0 Å². The first-order valence-corrected chi connectivity index (χ1v) is 7.96. The van der Waals surface area contributed by atoms with Gasteiger partial charge in [0.05, 0.1) is 23.9 Å². The third kappa shape index (κ3) is 3.19. The summed E-state index contributed by atoms with van der Waals surface area (Å²) in [4.78, 5) is 6.03. The van der Waals surface area contributed by atoms with Gasteiger partial charge in [-0.2, -0.15) is 15.0 Å². The maximum absolute atomic E-state index is 13.6. The maximum Gasteiger partial charge on any atom is 0.124 e. The summed E-state index contributed by atoms with van der Waals surface area (Å²) in [7, 11) is 0. The molecule has 0 fully saturated rings. The Morgan fingerprint density at radius 3 is 2.76 bits per heavy atom. The Morgan fingerprint density at radius 2 is 1.92 bits per heavy atom. The van der Waals surface area contributed by atoms with Gasteiger partial charge in [0, 0.05) is 16.8 Å². The summed E-state index contributed by atoms with van der Waals surface area (Å²) in [5.74, 6) is -0.281. The minimum absolute atomic E-state index is 0.281. The first-order chi connectivity index (χ1) is 12.2. The number of aryl methyl sites for hydroxylation is 1. The largest absolute Gasteiger partial charge is 0.379 e. The molecule has 6 heteroatoms. The number of halogens is 1. The van der Waals surface area contributed by atoms with E-state index < -0.39 is 0 Å². The van der Waals surface area contributed by atoms with E-state index in [1.54, 1.807) is 17.1 Å². The van der Waals surface area contributed by atoms with Gasteiger partial charge < -0.3 is 5.32 Å². The lowest BCUT2D eigenvalue weighted by Gasteiger charge is -2.09. The number of para-hydroxylation sites is 1. The van der Waals surface area contributed by atoms with Crippen molar-refractivity contribution < 1.29 is 4.39 Å². The Morgan fingerprint density at radius 1 is 1.08 bits per heavy atom. The quantitative estimate of drug-likeness (QED) is 0.616. The molecule has 2 aromatic carbocycles. The minimum Gasteiger partial charge on any atom is -0.379 e. The van der Waals surface area contributed by atoms with Crippen LogP contribution < -0.4 is 5.32 Å². The fraction of sp³-hybridized carbons (Fsp3) is 0.105. The van der Waals surface area contributed by atoms with Gasteiger partial charge in [-0.05, 0) is 43.3 Å². The summed E-state index contributed by atoms with van der Waals surface area (Å²) in [5, 5.41) is 12.8. The van der Waals surface area contributed by atoms with Crippen LogP contribution in [0.15, 0.2) is 60.8 Å². The highest BCUT2D eigenvalue weighted by Crippen LogP contribution is 2.24. The molecule has 0 saturated heterocycles. The van der Waals surface area contributed by atoms with Crippen molar-refractivity contribution >= 4 is 16.6 Å². The molecule has 0 radical (unpaired) electrons. The number of anilines is 1. The van der Waals surface area contributed by atoms with Gasteiger partial charge >= 0.3 is 0 Å². The summed E-state index contributed by atoms with van der Waals surface area (Å²) in [5.41, 5.74) is 4.16. The van der Waals surface area contributed by atoms with E-state index in [1.165, 1.54) is 12.1 Å². The molecule has 4 rings (SSSR count). The van der Waals surface area contributed by atoms with E-state index in [0.717, 1.165) is 33.7 Å². The van der Waals surface area contributed by atoms with Gasteiger partial charge in [0.25, 0.3) is 0 Å². The summed E-state index contributed by atoms with van der Waals surface area (Å²) >= 11 is 0. The molecule has 0 aliphatic rings. The molecule has 124 valence electrons. The number of aromatic nitrogens is 4. The topological polar surface area (TPSA) is 55.6 Å². The fourth-order valence-corrected chi connectivity index (χ4v) is 2.72. The molecule has 0 aliphatic heterocycles. The van der Waals surface area contributed by atoms with Crippen molar-refractivity contribution in [2.75, 3.05) is 5.32 Å². The van der Waals surface area contributed by atoms with Crippen molar-refractivity contribution in [3.8, 4) is 5.69 Å². The van der Waals surface area contributed by atoms with Crippen LogP contribution in [0.1, 0.15) is 11.4 Å². The molecule has 1 N–H and O–H groups in total. The van der Waals surface area contributed by atoms with Crippen LogP contribution >= 0.6 is 0 Å². The number of benzene rings is 2. The number of pyridine rings is 1. The summed E-state index contributed by atoms with van der Waals surface area (Å²) in [6.07, 6.45) is 1.72. The zero-order valence-electron chi connectivity index (χ0n) is 13.6. The Labute approximate surface area is 144 Å². The monoisotopic (exact) mass is 333 g/mol. The van der Waals surface area contributed by atoms with Crippen molar-refractivity contribution in [1.29, 1.82) is 0 Å². The van der Waals surface area contributed by atoms with Crippen molar-refractivity contribution in [1.82, 2.24) is 20.0 Å². The summed E-state index contributed by atoms with van der Waals surface area (Å²) < 4.78 is 13.6. The molecule has 0 aliphatic carbocycles. The third-order valence-corrected chi connectivity index (χ3v) is 3.89. The Bertz CT molecular complexity index is 1030. The summed E-state index contributed by atoms with van der Waals surface area (Å²) in [6.45, 7) is 2.40. The molecule has 0 saturated carbocycles. The predicted octanol–water partition coefficient (Wildman–Crippen LogP) is 3.88. The number of hydrogen-bond donors (Lipinski definition) is 1. The molecule has 0 spiro atoms. The average molecular weight is 333 g/mol. The normalized spacial score (nSPS) is 11.0. The van der Waals surface area contributed by atoms with Gasteiger partial charge in [-0.15, -0.1) is 0 Å². The van der Waals surface area contributed by atoms with E-state index in [-0.39, 0.29) is 5.82 Å². The van der Waals surface area contributed by atoms with Crippen LogP contribution in [-0.2, 0) is 6.54 Å². The van der Waals surface area contributed by atoms with Crippen molar-refractivity contribution in [3.05, 3.63) is 78.0 Å². The van der Waals surface area contributed by atoms with Crippen LogP contribution in [0, 0.1) is 12.7 Å². The fourth-order valence-electron chi connectivity index (χ4n) is 2.72. The van der Waals surface area contributed by atoms with Crippen LogP contribution in [0.5, 0.6) is 0 Å². The number of nitrogens with zero attached hydrogens (tertiary/aromatic N) is 4. The van der Waals surface area contributed by atoms with Gasteiger partial charge in [0.2, 0.25) is 0 Å². The van der Waals surface area contributed by atoms with Crippen LogP contribution in [0.25, 0.3) is 16.6 Å². The molecule has 0 atom stereocenters. The predicted molar refractivity (Wildman–Crippen MR) is 95.1 cm³/mol. The number of fused-ring (bicyclic) bond motifs is 1. The van der Waals surface area contributed by atoms with Gasteiger partial charge in [0.1, 0.15) is 11.5 Å². The second kappa shape index (κ2) is 6.32. The maximum atomic E-state index is 13.6. The number of rotatable bonds is 4. The first-order valence-electron chi connectivity index (χ1n) is 7.96. The second-order valence-corrected chi connectivity index (χ2v) is 5.79. The van der Waals surface area contributed by atoms with Crippen LogP contribution in [0.3, 0.4) is 0 Å². The Kier molecular flexibility index (Phi) is 3.85. The SMILES string of the molecule is Cc1cc(NCc2cnn(-c3ccccc3)n2)c2cc(F)ccc2n1. The van der Waals surface area contributed by atoms with E-state index in [9.17, 15) is 4.39 Å². The smallest absolute Gasteiger partial charge is 0.124 e. The molecule has 2 aromatic heterocycles. The van der Waals surface area contributed by atoms with Crippen LogP contribution in [-0.4, -0.2) is 20.0 Å². The molecule has 0 bridgehead atoms. The highest BCUT2D eigenvalue weighted by Gasteiger charge is 2.07. The minimum atomic E-state index is -0.281. The molecular weight excluding hydrogens is 317 g/mol. The highest BCUT2D eigenvalue weighted by molar-refractivity contribution is 5.91. The summed E-state index contributed by atoms with van der Waals surface area (Å²) in [6, 6.07) is 16.2. The van der Waals surface area contributed by atoms with Crippen LogP contribution in [0.4, 0.5) is 10.1 Å². The molecule has 5 nitrogen and oxygen atoms in total. The second-order valence-electron chi connectivity index (χ2n) is 5.79. The first kappa shape index (κ1) is 15.3. The number of hydrogen-bond acceptors (Lipinski definition) is 4. The molecule has 25 heavy (non-hydrogen) atoms. The van der Waals surface area contributed by atoms with E-state index in [2.05, 4.69) is 20.5 Å². The molecule has 2 heterocycles.